The van der Waals surface area contributed by atoms with Gasteiger partial charge in [-0.2, -0.15) is 0 Å². The van der Waals surface area contributed by atoms with Gasteiger partial charge in [-0.25, -0.2) is 4.99 Å². The Morgan fingerprint density at radius 2 is 1.87 bits per heavy atom. The molecule has 15 heavy (non-hydrogen) atoms. The maximum absolute atomic E-state index is 5.89. The number of aliphatic imine (C=N–C) groups is 1. The molecule has 0 aromatic carbocycles. The van der Waals surface area contributed by atoms with Gasteiger partial charge in [0.05, 0.1) is 6.04 Å². The van der Waals surface area contributed by atoms with Gasteiger partial charge in [0.2, 0.25) is 0 Å². The second kappa shape index (κ2) is 4.86. The van der Waals surface area contributed by atoms with Crippen molar-refractivity contribution in [3.05, 3.63) is 0 Å². The van der Waals surface area contributed by atoms with Gasteiger partial charge < -0.3 is 11.1 Å². The van der Waals surface area contributed by atoms with Gasteiger partial charge in [-0.3, -0.25) is 0 Å². The number of guanidine groups is 1. The van der Waals surface area contributed by atoms with Crippen LogP contribution in [0.5, 0.6) is 0 Å². The van der Waals surface area contributed by atoms with E-state index < -0.39 is 0 Å². The third-order valence-electron chi connectivity index (χ3n) is 2.87. The predicted molar refractivity (Wildman–Crippen MR) is 65.9 cm³/mol. The van der Waals surface area contributed by atoms with Crippen LogP contribution in [0.1, 0.15) is 53.4 Å². The quantitative estimate of drug-likeness (QED) is 0.516. The van der Waals surface area contributed by atoms with Crippen molar-refractivity contribution in [2.45, 2.75) is 65.0 Å². The molecule has 3 nitrogen and oxygen atoms in total. The van der Waals surface area contributed by atoms with Crippen molar-refractivity contribution in [2.24, 2.45) is 16.6 Å². The third-order valence-corrected chi connectivity index (χ3v) is 2.87. The molecule has 0 aromatic rings. The van der Waals surface area contributed by atoms with Crippen LogP contribution < -0.4 is 11.1 Å². The zero-order chi connectivity index (χ0) is 11.5. The Balaban J connectivity index is 2.53. The summed E-state index contributed by atoms with van der Waals surface area (Å²) in [4.78, 5) is 4.59. The minimum Gasteiger partial charge on any atom is -0.370 e. The Bertz CT molecular complexity index is 228. The van der Waals surface area contributed by atoms with Crippen LogP contribution in [-0.2, 0) is 0 Å². The van der Waals surface area contributed by atoms with Crippen molar-refractivity contribution in [3.8, 4) is 0 Å². The molecular formula is C12H25N3. The Morgan fingerprint density at radius 1 is 1.27 bits per heavy atom. The van der Waals surface area contributed by atoms with Crippen LogP contribution in [0.4, 0.5) is 0 Å². The third kappa shape index (κ3) is 4.54. The summed E-state index contributed by atoms with van der Waals surface area (Å²) in [5, 5.41) is 3.21. The monoisotopic (exact) mass is 211 g/mol. The molecule has 1 rings (SSSR count). The Kier molecular flexibility index (Phi) is 4.00. The number of nitrogens with one attached hydrogen (secondary N) is 1. The van der Waals surface area contributed by atoms with E-state index >= 15 is 0 Å². The smallest absolute Gasteiger partial charge is 0.189 e. The fraction of sp³-hybridized carbons (Fsp3) is 0.917. The lowest BCUT2D eigenvalue weighted by Crippen LogP contribution is -2.46. The number of hydrogen-bond donors (Lipinski definition) is 2. The summed E-state index contributed by atoms with van der Waals surface area (Å²) in [6, 6.07) is 0.425. The zero-order valence-electron chi connectivity index (χ0n) is 10.5. The van der Waals surface area contributed by atoms with Gasteiger partial charge in [0, 0.05) is 5.54 Å². The van der Waals surface area contributed by atoms with Crippen molar-refractivity contribution in [2.75, 3.05) is 0 Å². The first-order chi connectivity index (χ1) is 6.88. The fourth-order valence-corrected chi connectivity index (χ4v) is 2.08. The average molecular weight is 211 g/mol. The molecule has 3 N–H and O–H groups in total. The topological polar surface area (TPSA) is 50.4 Å². The van der Waals surface area contributed by atoms with Crippen LogP contribution in [0.2, 0.25) is 0 Å². The molecule has 2 atom stereocenters. The van der Waals surface area contributed by atoms with E-state index in [4.69, 9.17) is 5.73 Å². The highest BCUT2D eigenvalue weighted by Gasteiger charge is 2.21. The molecule has 1 aliphatic rings. The van der Waals surface area contributed by atoms with Gasteiger partial charge in [-0.05, 0) is 39.5 Å². The summed E-state index contributed by atoms with van der Waals surface area (Å²) in [6.45, 7) is 8.57. The Hall–Kier alpha value is -0.730. The van der Waals surface area contributed by atoms with Crippen LogP contribution in [0, 0.1) is 5.92 Å². The summed E-state index contributed by atoms with van der Waals surface area (Å²) < 4.78 is 0. The number of hydrogen-bond acceptors (Lipinski definition) is 1. The summed E-state index contributed by atoms with van der Waals surface area (Å²) in [6.07, 6.45) is 5.12. The molecule has 0 saturated heterocycles. The number of rotatable bonds is 1. The van der Waals surface area contributed by atoms with Gasteiger partial charge in [-0.1, -0.05) is 19.8 Å². The molecule has 0 bridgehead atoms. The maximum Gasteiger partial charge on any atom is 0.189 e. The minimum absolute atomic E-state index is 0.00544. The van der Waals surface area contributed by atoms with Crippen LogP contribution in [0.25, 0.3) is 0 Å². The SMILES string of the molecule is CC1CCCCC1N=C(N)NC(C)(C)C. The maximum atomic E-state index is 5.89. The lowest BCUT2D eigenvalue weighted by Gasteiger charge is -2.27. The highest BCUT2D eigenvalue weighted by molar-refractivity contribution is 5.78. The summed E-state index contributed by atoms with van der Waals surface area (Å²) in [7, 11) is 0. The molecule has 2 unspecified atom stereocenters. The normalized spacial score (nSPS) is 28.9. The van der Waals surface area contributed by atoms with E-state index in [2.05, 4.69) is 38.0 Å². The average Bonchev–Trinajstić information content (AvgIpc) is 2.05. The number of nitrogens with zero attached hydrogens (tertiary/aromatic N) is 1. The molecule has 88 valence electrons. The lowest BCUT2D eigenvalue weighted by atomic mass is 9.86. The molecule has 0 amide bonds. The van der Waals surface area contributed by atoms with Crippen LogP contribution in [0.3, 0.4) is 0 Å². The molecular weight excluding hydrogens is 186 g/mol. The number of nitrogens with two attached hydrogens (primary N) is 1. The highest BCUT2D eigenvalue weighted by Crippen LogP contribution is 2.26. The van der Waals surface area contributed by atoms with Crippen LogP contribution in [-0.4, -0.2) is 17.5 Å². The first kappa shape index (κ1) is 12.3. The van der Waals surface area contributed by atoms with Gasteiger partial charge in [0.25, 0.3) is 0 Å². The van der Waals surface area contributed by atoms with E-state index in [1.165, 1.54) is 25.7 Å². The second-order valence-electron chi connectivity index (χ2n) is 5.72. The van der Waals surface area contributed by atoms with Gasteiger partial charge in [0.15, 0.2) is 5.96 Å². The van der Waals surface area contributed by atoms with E-state index in [0.29, 0.717) is 17.9 Å². The molecule has 1 saturated carbocycles. The molecule has 0 heterocycles. The molecule has 0 aromatic heterocycles. The van der Waals surface area contributed by atoms with Gasteiger partial charge in [0.1, 0.15) is 0 Å². The zero-order valence-corrected chi connectivity index (χ0v) is 10.5. The summed E-state index contributed by atoms with van der Waals surface area (Å²) >= 11 is 0. The van der Waals surface area contributed by atoms with E-state index in [9.17, 15) is 0 Å². The molecule has 0 spiro atoms. The largest absolute Gasteiger partial charge is 0.370 e. The van der Waals surface area contributed by atoms with Crippen molar-refractivity contribution in [1.82, 2.24) is 5.32 Å². The van der Waals surface area contributed by atoms with E-state index in [1.807, 2.05) is 0 Å². The van der Waals surface area contributed by atoms with E-state index in [1.54, 1.807) is 0 Å². The minimum atomic E-state index is 0.00544. The molecule has 0 aliphatic heterocycles. The molecule has 3 heteroatoms. The van der Waals surface area contributed by atoms with Gasteiger partial charge in [-0.15, -0.1) is 0 Å². The second-order valence-corrected chi connectivity index (χ2v) is 5.72. The van der Waals surface area contributed by atoms with Crippen LogP contribution in [0.15, 0.2) is 4.99 Å². The van der Waals surface area contributed by atoms with Crippen LogP contribution >= 0.6 is 0 Å². The molecule has 1 fully saturated rings. The van der Waals surface area contributed by atoms with Gasteiger partial charge >= 0.3 is 0 Å². The Morgan fingerprint density at radius 3 is 2.40 bits per heavy atom. The highest BCUT2D eigenvalue weighted by atomic mass is 15.1. The van der Waals surface area contributed by atoms with E-state index in [-0.39, 0.29) is 5.54 Å². The van der Waals surface area contributed by atoms with Crippen molar-refractivity contribution in [3.63, 3.8) is 0 Å². The fourth-order valence-electron chi connectivity index (χ4n) is 2.08. The summed E-state index contributed by atoms with van der Waals surface area (Å²) in [5.41, 5.74) is 5.90. The first-order valence-electron chi connectivity index (χ1n) is 6.00. The van der Waals surface area contributed by atoms with Crippen molar-refractivity contribution < 1.29 is 0 Å². The molecule has 0 radical (unpaired) electrons. The summed E-state index contributed by atoms with van der Waals surface area (Å²) in [5.74, 6) is 1.28. The molecule has 1 aliphatic carbocycles. The standard InChI is InChI=1S/C12H25N3/c1-9-7-5-6-8-10(9)14-11(13)15-12(2,3)4/h9-10H,5-8H2,1-4H3,(H3,13,14,15). The lowest BCUT2D eigenvalue weighted by molar-refractivity contribution is 0.331. The van der Waals surface area contributed by atoms with Crippen molar-refractivity contribution >= 4 is 5.96 Å². The first-order valence-corrected chi connectivity index (χ1v) is 6.00. The Labute approximate surface area is 93.5 Å². The van der Waals surface area contributed by atoms with E-state index in [0.717, 1.165) is 0 Å². The van der Waals surface area contributed by atoms with Crippen molar-refractivity contribution in [1.29, 1.82) is 0 Å². The predicted octanol–water partition coefficient (Wildman–Crippen LogP) is 2.27.